The average molecular weight is 223 g/mol. The molecule has 1 atom stereocenters. The van der Waals surface area contributed by atoms with Crippen LogP contribution in [0.3, 0.4) is 0 Å². The molecule has 0 amide bonds. The molecule has 72 valence electrons. The predicted molar refractivity (Wildman–Crippen MR) is 51.9 cm³/mol. The summed E-state index contributed by atoms with van der Waals surface area (Å²) >= 11 is 11.5. The van der Waals surface area contributed by atoms with Crippen molar-refractivity contribution >= 4 is 23.2 Å². The van der Waals surface area contributed by atoms with Crippen molar-refractivity contribution in [2.24, 2.45) is 0 Å². The SMILES string of the molecule is CC(CO)c1c(Cl)ccc(F)c1Cl. The van der Waals surface area contributed by atoms with Gasteiger partial charge in [-0.1, -0.05) is 30.1 Å². The Balaban J connectivity index is 3.25. The second-order valence-corrected chi connectivity index (χ2v) is 3.63. The van der Waals surface area contributed by atoms with Gasteiger partial charge in [0.25, 0.3) is 0 Å². The van der Waals surface area contributed by atoms with Gasteiger partial charge < -0.3 is 5.11 Å². The molecule has 0 heterocycles. The number of aliphatic hydroxyl groups is 1. The van der Waals surface area contributed by atoms with E-state index in [1.54, 1.807) is 6.92 Å². The molecule has 0 saturated carbocycles. The van der Waals surface area contributed by atoms with Crippen molar-refractivity contribution in [3.8, 4) is 0 Å². The highest BCUT2D eigenvalue weighted by Crippen LogP contribution is 2.32. The summed E-state index contributed by atoms with van der Waals surface area (Å²) in [6, 6.07) is 2.64. The zero-order valence-corrected chi connectivity index (χ0v) is 8.53. The van der Waals surface area contributed by atoms with Gasteiger partial charge in [-0.25, -0.2) is 4.39 Å². The topological polar surface area (TPSA) is 20.2 Å². The number of benzene rings is 1. The van der Waals surface area contributed by atoms with Gasteiger partial charge in [-0.15, -0.1) is 0 Å². The number of rotatable bonds is 2. The summed E-state index contributed by atoms with van der Waals surface area (Å²) in [4.78, 5) is 0. The fourth-order valence-corrected chi connectivity index (χ4v) is 1.83. The van der Waals surface area contributed by atoms with Crippen molar-refractivity contribution in [1.29, 1.82) is 0 Å². The van der Waals surface area contributed by atoms with Crippen LogP contribution in [0.25, 0.3) is 0 Å². The second-order valence-electron chi connectivity index (χ2n) is 2.84. The summed E-state index contributed by atoms with van der Waals surface area (Å²) in [7, 11) is 0. The molecule has 0 spiro atoms. The molecule has 1 aromatic rings. The Hall–Kier alpha value is -0.310. The van der Waals surface area contributed by atoms with Gasteiger partial charge in [0.2, 0.25) is 0 Å². The summed E-state index contributed by atoms with van der Waals surface area (Å²) in [5.41, 5.74) is 0.464. The summed E-state index contributed by atoms with van der Waals surface area (Å²) < 4.78 is 13.0. The first kappa shape index (κ1) is 10.8. The summed E-state index contributed by atoms with van der Waals surface area (Å²) in [6.45, 7) is 1.62. The Labute approximate surface area is 86.1 Å². The standard InChI is InChI=1S/C9H9Cl2FO/c1-5(4-13)8-6(10)2-3-7(12)9(8)11/h2-3,5,13H,4H2,1H3. The molecular formula is C9H9Cl2FO. The van der Waals surface area contributed by atoms with Gasteiger partial charge in [0, 0.05) is 17.5 Å². The molecule has 1 nitrogen and oxygen atoms in total. The second kappa shape index (κ2) is 4.27. The van der Waals surface area contributed by atoms with Crippen LogP contribution in [-0.4, -0.2) is 11.7 Å². The van der Waals surface area contributed by atoms with Crippen LogP contribution < -0.4 is 0 Å². The Kier molecular flexibility index (Phi) is 3.54. The molecule has 1 N–H and O–H groups in total. The molecular weight excluding hydrogens is 214 g/mol. The van der Waals surface area contributed by atoms with E-state index in [2.05, 4.69) is 0 Å². The molecule has 13 heavy (non-hydrogen) atoms. The van der Waals surface area contributed by atoms with E-state index in [1.807, 2.05) is 0 Å². The van der Waals surface area contributed by atoms with E-state index in [0.29, 0.717) is 10.6 Å². The molecule has 0 saturated heterocycles. The van der Waals surface area contributed by atoms with Crippen LogP contribution in [0.1, 0.15) is 18.4 Å². The van der Waals surface area contributed by atoms with Crippen LogP contribution in [0.5, 0.6) is 0 Å². The molecule has 1 rings (SSSR count). The van der Waals surface area contributed by atoms with Crippen LogP contribution in [0.15, 0.2) is 12.1 Å². The van der Waals surface area contributed by atoms with E-state index in [0.717, 1.165) is 0 Å². The molecule has 4 heteroatoms. The number of halogens is 3. The first-order valence-electron chi connectivity index (χ1n) is 3.82. The van der Waals surface area contributed by atoms with E-state index >= 15 is 0 Å². The van der Waals surface area contributed by atoms with E-state index in [-0.39, 0.29) is 17.5 Å². The van der Waals surface area contributed by atoms with Gasteiger partial charge in [-0.3, -0.25) is 0 Å². The van der Waals surface area contributed by atoms with Crippen molar-refractivity contribution in [2.75, 3.05) is 6.61 Å². The third kappa shape index (κ3) is 2.13. The van der Waals surface area contributed by atoms with Crippen molar-refractivity contribution < 1.29 is 9.50 Å². The van der Waals surface area contributed by atoms with E-state index < -0.39 is 5.82 Å². The molecule has 0 aliphatic heterocycles. The van der Waals surface area contributed by atoms with Crippen LogP contribution in [0, 0.1) is 5.82 Å². The van der Waals surface area contributed by atoms with Gasteiger partial charge in [0.15, 0.2) is 0 Å². The predicted octanol–water partition coefficient (Wildman–Crippen LogP) is 3.23. The first-order valence-corrected chi connectivity index (χ1v) is 4.57. The fraction of sp³-hybridized carbons (Fsp3) is 0.333. The minimum atomic E-state index is -0.513. The largest absolute Gasteiger partial charge is 0.396 e. The van der Waals surface area contributed by atoms with Crippen LogP contribution in [0.2, 0.25) is 10.0 Å². The Morgan fingerprint density at radius 3 is 2.62 bits per heavy atom. The van der Waals surface area contributed by atoms with Gasteiger partial charge in [-0.2, -0.15) is 0 Å². The Bertz CT molecular complexity index is 315. The van der Waals surface area contributed by atoms with Gasteiger partial charge in [0.1, 0.15) is 5.82 Å². The third-order valence-electron chi connectivity index (χ3n) is 1.85. The van der Waals surface area contributed by atoms with E-state index in [4.69, 9.17) is 28.3 Å². The zero-order valence-electron chi connectivity index (χ0n) is 7.02. The maximum Gasteiger partial charge on any atom is 0.142 e. The lowest BCUT2D eigenvalue weighted by Gasteiger charge is -2.12. The van der Waals surface area contributed by atoms with Crippen molar-refractivity contribution in [1.82, 2.24) is 0 Å². The van der Waals surface area contributed by atoms with Crippen molar-refractivity contribution in [2.45, 2.75) is 12.8 Å². The highest BCUT2D eigenvalue weighted by Gasteiger charge is 2.15. The van der Waals surface area contributed by atoms with Crippen molar-refractivity contribution in [3.63, 3.8) is 0 Å². The molecule has 0 aliphatic rings. The molecule has 0 bridgehead atoms. The average Bonchev–Trinajstić information content (AvgIpc) is 2.12. The first-order chi connectivity index (χ1) is 6.07. The molecule has 0 radical (unpaired) electrons. The maximum atomic E-state index is 13.0. The number of hydrogen-bond donors (Lipinski definition) is 1. The fourth-order valence-electron chi connectivity index (χ4n) is 1.09. The monoisotopic (exact) mass is 222 g/mol. The van der Waals surface area contributed by atoms with Gasteiger partial charge in [-0.05, 0) is 17.7 Å². The lowest BCUT2D eigenvalue weighted by molar-refractivity contribution is 0.273. The molecule has 0 aliphatic carbocycles. The van der Waals surface area contributed by atoms with Gasteiger partial charge in [0.05, 0.1) is 5.02 Å². The minimum absolute atomic E-state index is 0.00551. The highest BCUT2D eigenvalue weighted by molar-refractivity contribution is 6.36. The smallest absolute Gasteiger partial charge is 0.142 e. The Morgan fingerprint density at radius 2 is 2.08 bits per heavy atom. The lowest BCUT2D eigenvalue weighted by Crippen LogP contribution is -2.01. The third-order valence-corrected chi connectivity index (χ3v) is 2.56. The number of hydrogen-bond acceptors (Lipinski definition) is 1. The number of aliphatic hydroxyl groups excluding tert-OH is 1. The molecule has 1 unspecified atom stereocenters. The summed E-state index contributed by atoms with van der Waals surface area (Å²) in [5.74, 6) is -0.767. The van der Waals surface area contributed by atoms with Crippen LogP contribution in [-0.2, 0) is 0 Å². The normalized spacial score (nSPS) is 13.0. The highest BCUT2D eigenvalue weighted by atomic mass is 35.5. The van der Waals surface area contributed by atoms with Gasteiger partial charge >= 0.3 is 0 Å². The summed E-state index contributed by atoms with van der Waals surface area (Å²) in [5, 5.41) is 9.27. The summed E-state index contributed by atoms with van der Waals surface area (Å²) in [6.07, 6.45) is 0. The maximum absolute atomic E-state index is 13.0. The van der Waals surface area contributed by atoms with Crippen molar-refractivity contribution in [3.05, 3.63) is 33.6 Å². The lowest BCUT2D eigenvalue weighted by atomic mass is 10.0. The Morgan fingerprint density at radius 1 is 1.46 bits per heavy atom. The van der Waals surface area contributed by atoms with E-state index in [9.17, 15) is 4.39 Å². The van der Waals surface area contributed by atoms with Crippen LogP contribution >= 0.6 is 23.2 Å². The van der Waals surface area contributed by atoms with E-state index in [1.165, 1.54) is 12.1 Å². The quantitative estimate of drug-likeness (QED) is 0.763. The molecule has 0 aromatic heterocycles. The minimum Gasteiger partial charge on any atom is -0.396 e. The van der Waals surface area contributed by atoms with Crippen LogP contribution in [0.4, 0.5) is 4.39 Å². The zero-order chi connectivity index (χ0) is 10.0. The molecule has 1 aromatic carbocycles. The molecule has 0 fully saturated rings.